The number of hydrogen-bond acceptors (Lipinski definition) is 7. The van der Waals surface area contributed by atoms with Crippen LogP contribution in [0.5, 0.6) is 5.75 Å². The molecule has 4 aliphatic carbocycles. The summed E-state index contributed by atoms with van der Waals surface area (Å²) < 4.78 is 0. The summed E-state index contributed by atoms with van der Waals surface area (Å²) in [5.74, 6) is -8.27. The van der Waals surface area contributed by atoms with Crippen LogP contribution in [-0.4, -0.2) is 44.7 Å². The van der Waals surface area contributed by atoms with Gasteiger partial charge in [-0.1, -0.05) is 58.8 Å². The van der Waals surface area contributed by atoms with Crippen LogP contribution in [0.1, 0.15) is 88.2 Å². The number of carbonyl (C=O) groups is 5. The minimum atomic E-state index is -2.67. The summed E-state index contributed by atoms with van der Waals surface area (Å²) >= 11 is 0. The molecule has 1 aromatic rings. The molecule has 2 N–H and O–H groups in total. The van der Waals surface area contributed by atoms with E-state index in [1.807, 2.05) is 13.0 Å². The Morgan fingerprint density at radius 1 is 1.07 bits per heavy atom. The summed E-state index contributed by atoms with van der Waals surface area (Å²) in [4.78, 5) is 68.3. The summed E-state index contributed by atoms with van der Waals surface area (Å²) in [7, 11) is 0. The van der Waals surface area contributed by atoms with Crippen molar-refractivity contribution in [2.45, 2.75) is 85.2 Å². The first kappa shape index (κ1) is 28.6. The Kier molecular flexibility index (Phi) is 6.65. The number of hydrogen-bond donors (Lipinski definition) is 2. The second-order valence-corrected chi connectivity index (χ2v) is 13.7. The van der Waals surface area contributed by atoms with Crippen LogP contribution in [-0.2, 0) is 32.0 Å². The molecule has 4 aliphatic rings. The monoisotopic (exact) mass is 548 g/mol. The second-order valence-electron chi connectivity index (χ2n) is 13.7. The van der Waals surface area contributed by atoms with Crippen LogP contribution in [0.3, 0.4) is 0 Å². The Balaban J connectivity index is 1.65. The predicted octanol–water partition coefficient (Wildman–Crippen LogP) is 4.38. The van der Waals surface area contributed by atoms with Crippen LogP contribution >= 0.6 is 0 Å². The van der Waals surface area contributed by atoms with Crippen molar-refractivity contribution < 1.29 is 34.2 Å². The molecular formula is C33H40O7. The standard InChI is InChI=1S/C33H40O7/c1-16(2)25-27(36)23(18(4)34)29(38)33(40)30(39)26-28(37)24-21(14-31(26,5)15-32(25,33)6)20(11-12-22(24)35)13-17(3)19-9-7-8-10-19/h11-12,16,19,23,25-26,35,40H,3,7-10,13-15H2,1-2,4-6H3/t23?,25?,26?,31-,32-,33+/m1/s1. The zero-order chi connectivity index (χ0) is 29.5. The van der Waals surface area contributed by atoms with Crippen molar-refractivity contribution in [1.82, 2.24) is 0 Å². The molecule has 0 aliphatic heterocycles. The summed E-state index contributed by atoms with van der Waals surface area (Å²) in [5, 5.41) is 22.9. The van der Waals surface area contributed by atoms with Crippen LogP contribution in [0.4, 0.5) is 0 Å². The van der Waals surface area contributed by atoms with E-state index in [9.17, 15) is 34.2 Å². The number of aromatic hydroxyl groups is 1. The molecule has 3 unspecified atom stereocenters. The number of rotatable bonds is 5. The summed E-state index contributed by atoms with van der Waals surface area (Å²) in [6.45, 7) is 12.4. The van der Waals surface area contributed by atoms with Crippen LogP contribution in [0.15, 0.2) is 24.3 Å². The molecule has 1 aromatic carbocycles. The number of fused-ring (bicyclic) bond motifs is 3. The fraction of sp³-hybridized carbons (Fsp3) is 0.606. The first-order valence-electron chi connectivity index (χ1n) is 14.5. The molecule has 0 heterocycles. The van der Waals surface area contributed by atoms with E-state index in [-0.39, 0.29) is 30.1 Å². The van der Waals surface area contributed by atoms with E-state index < -0.39 is 63.1 Å². The maximum Gasteiger partial charge on any atom is 0.190 e. The topological polar surface area (TPSA) is 126 Å². The van der Waals surface area contributed by atoms with Gasteiger partial charge >= 0.3 is 0 Å². The van der Waals surface area contributed by atoms with Crippen LogP contribution in [0.2, 0.25) is 0 Å². The van der Waals surface area contributed by atoms with E-state index in [4.69, 9.17) is 0 Å². The summed E-state index contributed by atoms with van der Waals surface area (Å²) in [5.41, 5.74) is -2.51. The Morgan fingerprint density at radius 2 is 1.70 bits per heavy atom. The molecular weight excluding hydrogens is 508 g/mol. The minimum Gasteiger partial charge on any atom is -0.507 e. The van der Waals surface area contributed by atoms with Crippen molar-refractivity contribution in [1.29, 1.82) is 0 Å². The summed E-state index contributed by atoms with van der Waals surface area (Å²) in [6.07, 6.45) is 5.38. The van der Waals surface area contributed by atoms with E-state index in [0.717, 1.165) is 43.7 Å². The van der Waals surface area contributed by atoms with Crippen molar-refractivity contribution in [3.05, 3.63) is 41.0 Å². The summed E-state index contributed by atoms with van der Waals surface area (Å²) in [6, 6.07) is 3.28. The lowest BCUT2D eigenvalue weighted by molar-refractivity contribution is -0.205. The van der Waals surface area contributed by atoms with Gasteiger partial charge in [-0.2, -0.15) is 0 Å². The van der Waals surface area contributed by atoms with Gasteiger partial charge in [0, 0.05) is 11.3 Å². The Morgan fingerprint density at radius 3 is 2.27 bits per heavy atom. The highest BCUT2D eigenvalue weighted by Crippen LogP contribution is 2.64. The average Bonchev–Trinajstić information content (AvgIpc) is 3.38. The molecule has 3 saturated carbocycles. The van der Waals surface area contributed by atoms with Crippen molar-refractivity contribution in [2.24, 2.45) is 40.4 Å². The van der Waals surface area contributed by atoms with Gasteiger partial charge < -0.3 is 10.2 Å². The maximum absolute atomic E-state index is 14.3. The number of Topliss-reactive ketones (excluding diaryl/α,β-unsaturated/α-hetero) is 5. The number of aliphatic hydroxyl groups is 1. The van der Waals surface area contributed by atoms with Gasteiger partial charge in [0.05, 0.1) is 11.5 Å². The normalized spacial score (nSPS) is 35.9. The third-order valence-electron chi connectivity index (χ3n) is 10.7. The third kappa shape index (κ3) is 3.69. The second kappa shape index (κ2) is 9.30. The van der Waals surface area contributed by atoms with E-state index >= 15 is 0 Å². The largest absolute Gasteiger partial charge is 0.507 e. The molecule has 6 atom stereocenters. The van der Waals surface area contributed by atoms with Crippen molar-refractivity contribution in [3.63, 3.8) is 0 Å². The van der Waals surface area contributed by atoms with Gasteiger partial charge in [0.25, 0.3) is 0 Å². The lowest BCUT2D eigenvalue weighted by Crippen LogP contribution is -2.76. The van der Waals surface area contributed by atoms with Gasteiger partial charge in [-0.3, -0.25) is 24.0 Å². The highest BCUT2D eigenvalue weighted by Gasteiger charge is 2.76. The van der Waals surface area contributed by atoms with Crippen LogP contribution in [0.25, 0.3) is 0 Å². The quantitative estimate of drug-likeness (QED) is 0.413. The molecule has 7 nitrogen and oxygen atoms in total. The minimum absolute atomic E-state index is 0.0572. The van der Waals surface area contributed by atoms with E-state index in [1.165, 1.54) is 6.07 Å². The smallest absolute Gasteiger partial charge is 0.190 e. The molecule has 5 rings (SSSR count). The van der Waals surface area contributed by atoms with E-state index in [0.29, 0.717) is 17.9 Å². The highest BCUT2D eigenvalue weighted by molar-refractivity contribution is 6.32. The van der Waals surface area contributed by atoms with E-state index in [2.05, 4.69) is 6.58 Å². The number of benzene rings is 1. The lowest BCUT2D eigenvalue weighted by atomic mass is 9.40. The molecule has 0 amide bonds. The molecule has 0 spiro atoms. The van der Waals surface area contributed by atoms with Gasteiger partial charge in [-0.05, 0) is 73.5 Å². The van der Waals surface area contributed by atoms with Gasteiger partial charge in [0.1, 0.15) is 17.5 Å². The highest BCUT2D eigenvalue weighted by atomic mass is 16.3. The SMILES string of the molecule is C=C(Cc1ccc(O)c2c1C[C@]1(C)C[C@]3(C)C(C(C)C)C(=O)C(C(C)=O)C(=O)[C@]3(O)C(=O)C1C2=O)C1CCCC1. The molecule has 214 valence electrons. The Labute approximate surface area is 235 Å². The molecule has 7 heteroatoms. The fourth-order valence-electron chi connectivity index (χ4n) is 9.09. The first-order valence-corrected chi connectivity index (χ1v) is 14.5. The molecule has 0 saturated heterocycles. The molecule has 40 heavy (non-hydrogen) atoms. The maximum atomic E-state index is 14.3. The van der Waals surface area contributed by atoms with Gasteiger partial charge in [-0.25, -0.2) is 0 Å². The molecule has 0 radical (unpaired) electrons. The number of ketones is 5. The zero-order valence-electron chi connectivity index (χ0n) is 24.1. The Bertz CT molecular complexity index is 1360. The average molecular weight is 549 g/mol. The number of phenolic OH excluding ortho intramolecular Hbond substituents is 1. The van der Waals surface area contributed by atoms with Crippen molar-refractivity contribution in [3.8, 4) is 5.75 Å². The first-order chi connectivity index (χ1) is 18.6. The Hall–Kier alpha value is -2.93. The molecule has 3 fully saturated rings. The fourth-order valence-corrected chi connectivity index (χ4v) is 9.09. The van der Waals surface area contributed by atoms with Gasteiger partial charge in [0.15, 0.2) is 28.7 Å². The van der Waals surface area contributed by atoms with E-state index in [1.54, 1.807) is 20.8 Å². The number of allylic oxidation sites excluding steroid dienone is 1. The molecule has 0 aromatic heterocycles. The van der Waals surface area contributed by atoms with Crippen LogP contribution in [0, 0.1) is 40.4 Å². The van der Waals surface area contributed by atoms with Crippen molar-refractivity contribution in [2.75, 3.05) is 0 Å². The number of phenols is 1. The predicted molar refractivity (Wildman–Crippen MR) is 148 cm³/mol. The van der Waals surface area contributed by atoms with Gasteiger partial charge in [0.2, 0.25) is 0 Å². The van der Waals surface area contributed by atoms with Crippen LogP contribution < -0.4 is 0 Å². The molecule has 0 bridgehead atoms. The van der Waals surface area contributed by atoms with Gasteiger partial charge in [-0.15, -0.1) is 0 Å². The number of carbonyl (C=O) groups excluding carboxylic acids is 5. The lowest BCUT2D eigenvalue weighted by Gasteiger charge is -2.62. The van der Waals surface area contributed by atoms with Crippen molar-refractivity contribution >= 4 is 28.9 Å². The third-order valence-corrected chi connectivity index (χ3v) is 10.7. The zero-order valence-corrected chi connectivity index (χ0v) is 24.1.